The molecular formula is C37H48O12. The fourth-order valence-electron chi connectivity index (χ4n) is 3.17. The van der Waals surface area contributed by atoms with Gasteiger partial charge in [-0.2, -0.15) is 0 Å². The Hall–Kier alpha value is -5.20. The Labute approximate surface area is 287 Å². The number of aliphatic hydroxyl groups is 2. The number of carbonyl (C=O) groups is 4. The maximum atomic E-state index is 11.4. The summed E-state index contributed by atoms with van der Waals surface area (Å²) in [6, 6.07) is 15.1. The van der Waals surface area contributed by atoms with Crippen LogP contribution < -0.4 is 9.47 Å². The minimum Gasteiger partial charge on any atom is -0.491 e. The molecule has 2 rings (SSSR count). The number of aliphatic hydroxyl groups excluding tert-OH is 2. The summed E-state index contributed by atoms with van der Waals surface area (Å²) in [5.74, 6) is -1.80. The van der Waals surface area contributed by atoms with Crippen molar-refractivity contribution in [2.45, 2.75) is 59.2 Å². The largest absolute Gasteiger partial charge is 0.491 e. The Bertz CT molecular complexity index is 1320. The zero-order chi connectivity index (χ0) is 37.9. The van der Waals surface area contributed by atoms with Gasteiger partial charge >= 0.3 is 23.9 Å². The van der Waals surface area contributed by atoms with Crippen molar-refractivity contribution in [1.29, 1.82) is 0 Å². The highest BCUT2D eigenvalue weighted by molar-refractivity contribution is 5.87. The molecule has 0 aromatic heterocycles. The van der Waals surface area contributed by atoms with Crippen LogP contribution in [0.2, 0.25) is 0 Å². The van der Waals surface area contributed by atoms with Gasteiger partial charge in [-0.3, -0.25) is 0 Å². The van der Waals surface area contributed by atoms with Crippen LogP contribution in [-0.4, -0.2) is 82.9 Å². The molecule has 0 bridgehead atoms. The molecule has 0 saturated carbocycles. The van der Waals surface area contributed by atoms with Gasteiger partial charge in [0.25, 0.3) is 0 Å². The molecule has 0 spiro atoms. The van der Waals surface area contributed by atoms with Crippen LogP contribution in [0.1, 0.15) is 52.7 Å². The van der Waals surface area contributed by atoms with Crippen LogP contribution >= 0.6 is 0 Å². The number of hydrogen-bond acceptors (Lipinski definition) is 10. The summed E-state index contributed by atoms with van der Waals surface area (Å²) in [7, 11) is 0. The minimum atomic E-state index is -0.951. The molecule has 2 atom stereocenters. The van der Waals surface area contributed by atoms with E-state index in [0.29, 0.717) is 11.5 Å². The third-order valence-electron chi connectivity index (χ3n) is 6.28. The summed E-state index contributed by atoms with van der Waals surface area (Å²) in [5, 5.41) is 35.7. The van der Waals surface area contributed by atoms with E-state index < -0.39 is 36.1 Å². The Morgan fingerprint density at radius 2 is 0.837 bits per heavy atom. The van der Waals surface area contributed by atoms with Crippen molar-refractivity contribution in [2.24, 2.45) is 0 Å². The third kappa shape index (κ3) is 18.1. The summed E-state index contributed by atoms with van der Waals surface area (Å²) >= 11 is 0. The van der Waals surface area contributed by atoms with Gasteiger partial charge in [-0.25, -0.2) is 19.2 Å². The van der Waals surface area contributed by atoms with Gasteiger partial charge < -0.3 is 39.4 Å². The molecule has 49 heavy (non-hydrogen) atoms. The lowest BCUT2D eigenvalue weighted by molar-refractivity contribution is -0.143. The highest BCUT2D eigenvalue weighted by atomic mass is 16.6. The molecule has 0 aliphatic carbocycles. The molecule has 12 heteroatoms. The van der Waals surface area contributed by atoms with E-state index in [-0.39, 0.29) is 54.1 Å². The summed E-state index contributed by atoms with van der Waals surface area (Å²) < 4.78 is 21.0. The third-order valence-corrected chi connectivity index (χ3v) is 6.28. The number of ether oxygens (including phenoxy) is 4. The fourth-order valence-corrected chi connectivity index (χ4v) is 3.17. The second kappa shape index (κ2) is 21.6. The van der Waals surface area contributed by atoms with Gasteiger partial charge in [0, 0.05) is 27.7 Å². The quantitative estimate of drug-likeness (QED) is 0.137. The number of hydrogen-bond donors (Lipinski definition) is 4. The maximum absolute atomic E-state index is 11.4. The first kappa shape index (κ1) is 43.8. The number of benzene rings is 2. The molecule has 0 heterocycles. The Balaban J connectivity index is 0.00000163. The van der Waals surface area contributed by atoms with Crippen LogP contribution in [0.3, 0.4) is 0 Å². The molecule has 0 fully saturated rings. The Morgan fingerprint density at radius 3 is 1.06 bits per heavy atom. The van der Waals surface area contributed by atoms with Gasteiger partial charge in [0.1, 0.15) is 50.1 Å². The smallest absolute Gasteiger partial charge is 0.333 e. The second-order valence-electron chi connectivity index (χ2n) is 11.5. The molecule has 4 N–H and O–H groups in total. The van der Waals surface area contributed by atoms with Crippen molar-refractivity contribution < 1.29 is 58.6 Å². The second-order valence-corrected chi connectivity index (χ2v) is 11.5. The summed E-state index contributed by atoms with van der Waals surface area (Å²) in [6.45, 7) is 23.1. The molecule has 0 aliphatic heterocycles. The number of carboxylic acids is 2. The Kier molecular flexibility index (Phi) is 19.3. The molecule has 2 aromatic rings. The van der Waals surface area contributed by atoms with E-state index in [4.69, 9.17) is 29.2 Å². The first-order valence-corrected chi connectivity index (χ1v) is 14.9. The van der Waals surface area contributed by atoms with Crippen LogP contribution in [0.5, 0.6) is 11.5 Å². The predicted molar refractivity (Wildman–Crippen MR) is 184 cm³/mol. The average molecular weight is 685 g/mol. The van der Waals surface area contributed by atoms with Crippen molar-refractivity contribution in [3.8, 4) is 11.5 Å². The topological polar surface area (TPSA) is 186 Å². The Morgan fingerprint density at radius 1 is 0.571 bits per heavy atom. The SMILES string of the molecule is C=C(C)C(=O)O.C=C(C)C(=O)O.C=C(C)C(=O)OCC(O)COc1ccc(C(C)(C)c2ccc(OCC(O)COC(=O)C(=C)C)cc2)cc1. The molecule has 2 unspecified atom stereocenters. The van der Waals surface area contributed by atoms with Crippen molar-refractivity contribution in [3.05, 3.63) is 108 Å². The zero-order valence-corrected chi connectivity index (χ0v) is 29.0. The normalized spacial score (nSPS) is 11.4. The molecule has 0 aliphatic rings. The van der Waals surface area contributed by atoms with E-state index in [1.54, 1.807) is 0 Å². The number of aliphatic carboxylic acids is 2. The van der Waals surface area contributed by atoms with Gasteiger partial charge in [0.05, 0.1) is 0 Å². The summed E-state index contributed by atoms with van der Waals surface area (Å²) in [5.41, 5.74) is 2.68. The highest BCUT2D eigenvalue weighted by Gasteiger charge is 2.23. The highest BCUT2D eigenvalue weighted by Crippen LogP contribution is 2.33. The first-order chi connectivity index (χ1) is 22.7. The van der Waals surface area contributed by atoms with Gasteiger partial charge in [0.15, 0.2) is 0 Å². The van der Waals surface area contributed by atoms with E-state index in [1.165, 1.54) is 27.7 Å². The number of carboxylic acid groups (broad SMARTS) is 2. The van der Waals surface area contributed by atoms with Crippen molar-refractivity contribution >= 4 is 23.9 Å². The van der Waals surface area contributed by atoms with Crippen molar-refractivity contribution in [1.82, 2.24) is 0 Å². The molecule has 2 aromatic carbocycles. The molecule has 0 amide bonds. The van der Waals surface area contributed by atoms with Crippen LogP contribution in [0.25, 0.3) is 0 Å². The summed E-state index contributed by atoms with van der Waals surface area (Å²) in [6.07, 6.45) is -1.90. The first-order valence-electron chi connectivity index (χ1n) is 14.9. The van der Waals surface area contributed by atoms with Crippen LogP contribution in [0.15, 0.2) is 97.1 Å². The standard InChI is InChI=1S/C29H36O8.2C4H6O2/c1-19(2)27(32)36-17-23(30)15-34-25-11-7-21(8-12-25)29(5,6)22-9-13-26(14-10-22)35-16-24(31)18-37-28(33)20(3)4;2*1-3(2)4(5)6/h7-14,23-24,30-31H,1,3,15-18H2,2,4-6H3;2*1H2,2H3,(H,5,6). The lowest BCUT2D eigenvalue weighted by Gasteiger charge is -2.26. The van der Waals surface area contributed by atoms with Crippen LogP contribution in [0, 0.1) is 0 Å². The lowest BCUT2D eigenvalue weighted by atomic mass is 9.78. The van der Waals surface area contributed by atoms with Gasteiger partial charge in [-0.15, -0.1) is 0 Å². The summed E-state index contributed by atoms with van der Waals surface area (Å²) in [4.78, 5) is 42.0. The number of rotatable bonds is 16. The predicted octanol–water partition coefficient (Wildman–Crippen LogP) is 5.02. The van der Waals surface area contributed by atoms with Crippen LogP contribution in [0.4, 0.5) is 0 Å². The van der Waals surface area contributed by atoms with Gasteiger partial charge in [-0.05, 0) is 63.1 Å². The minimum absolute atomic E-state index is 0.0152. The van der Waals surface area contributed by atoms with E-state index in [0.717, 1.165) is 11.1 Å². The molecule has 12 nitrogen and oxygen atoms in total. The van der Waals surface area contributed by atoms with Crippen molar-refractivity contribution in [2.75, 3.05) is 26.4 Å². The number of carbonyl (C=O) groups excluding carboxylic acids is 2. The van der Waals surface area contributed by atoms with Gasteiger partial charge in [0.2, 0.25) is 0 Å². The molecule has 268 valence electrons. The van der Waals surface area contributed by atoms with Crippen molar-refractivity contribution in [3.63, 3.8) is 0 Å². The van der Waals surface area contributed by atoms with Crippen LogP contribution in [-0.2, 0) is 34.1 Å². The zero-order valence-electron chi connectivity index (χ0n) is 29.0. The molecule has 0 radical (unpaired) electrons. The van der Waals surface area contributed by atoms with E-state index in [2.05, 4.69) is 40.2 Å². The molecule has 0 saturated heterocycles. The van der Waals surface area contributed by atoms with E-state index in [9.17, 15) is 29.4 Å². The van der Waals surface area contributed by atoms with Gasteiger partial charge in [-0.1, -0.05) is 64.4 Å². The maximum Gasteiger partial charge on any atom is 0.333 e. The fraction of sp³-hybridized carbons (Fsp3) is 0.351. The molecular weight excluding hydrogens is 636 g/mol. The van der Waals surface area contributed by atoms with E-state index >= 15 is 0 Å². The lowest BCUT2D eigenvalue weighted by Crippen LogP contribution is -2.25. The monoisotopic (exact) mass is 684 g/mol. The number of esters is 2. The van der Waals surface area contributed by atoms with E-state index in [1.807, 2.05) is 48.5 Å². The average Bonchev–Trinajstić information content (AvgIpc) is 3.04.